The van der Waals surface area contributed by atoms with Crippen LogP contribution in [0.4, 0.5) is 0 Å². The third kappa shape index (κ3) is 4.23. The number of amides is 1. The van der Waals surface area contributed by atoms with Crippen molar-refractivity contribution in [2.75, 3.05) is 7.11 Å². The Labute approximate surface area is 145 Å². The van der Waals surface area contributed by atoms with Crippen molar-refractivity contribution in [2.45, 2.75) is 19.9 Å². The highest BCUT2D eigenvalue weighted by atomic mass is 16.5. The van der Waals surface area contributed by atoms with Crippen LogP contribution in [0.1, 0.15) is 17.0 Å². The zero-order valence-electron chi connectivity index (χ0n) is 14.2. The summed E-state index contributed by atoms with van der Waals surface area (Å²) in [5.74, 6) is 1.37. The van der Waals surface area contributed by atoms with Crippen molar-refractivity contribution in [1.29, 1.82) is 0 Å². The fourth-order valence-corrected chi connectivity index (χ4v) is 2.42. The second kappa shape index (κ2) is 7.61. The highest BCUT2D eigenvalue weighted by molar-refractivity contribution is 5.78. The molecule has 0 saturated heterocycles. The minimum absolute atomic E-state index is 0.0876. The van der Waals surface area contributed by atoms with E-state index in [0.717, 1.165) is 16.7 Å². The van der Waals surface area contributed by atoms with Crippen LogP contribution < -0.4 is 10.1 Å². The molecule has 128 valence electrons. The van der Waals surface area contributed by atoms with E-state index < -0.39 is 0 Å². The maximum atomic E-state index is 12.1. The molecule has 2 aromatic carbocycles. The molecule has 0 spiro atoms. The topological polar surface area (TPSA) is 77.3 Å². The molecule has 1 heterocycles. The summed E-state index contributed by atoms with van der Waals surface area (Å²) in [6.45, 7) is 2.18. The monoisotopic (exact) mass is 337 g/mol. The second-order valence-electron chi connectivity index (χ2n) is 5.61. The summed E-state index contributed by atoms with van der Waals surface area (Å²) in [6, 6.07) is 15.2. The molecule has 0 aliphatic carbocycles. The van der Waals surface area contributed by atoms with Crippen molar-refractivity contribution in [1.82, 2.24) is 15.5 Å². The number of aryl methyl sites for hydroxylation is 1. The maximum Gasteiger partial charge on any atom is 0.247 e. The van der Waals surface area contributed by atoms with Crippen molar-refractivity contribution < 1.29 is 13.9 Å². The van der Waals surface area contributed by atoms with Gasteiger partial charge in [0.2, 0.25) is 17.7 Å². The maximum absolute atomic E-state index is 12.1. The molecule has 1 amide bonds. The van der Waals surface area contributed by atoms with Crippen LogP contribution in [0.25, 0.3) is 11.5 Å². The van der Waals surface area contributed by atoms with Crippen LogP contribution in [0, 0.1) is 6.92 Å². The SMILES string of the molecule is COc1cccc(-c2nnc(CNC(=O)Cc3ccccc3C)o2)c1. The molecule has 1 N–H and O–H groups in total. The number of ether oxygens (including phenoxy) is 1. The molecule has 1 aromatic heterocycles. The number of aromatic nitrogens is 2. The third-order valence-corrected chi connectivity index (χ3v) is 3.83. The van der Waals surface area contributed by atoms with Crippen LogP contribution >= 0.6 is 0 Å². The van der Waals surface area contributed by atoms with Gasteiger partial charge in [-0.2, -0.15) is 0 Å². The number of carbonyl (C=O) groups excluding carboxylic acids is 1. The van der Waals surface area contributed by atoms with E-state index in [9.17, 15) is 4.79 Å². The van der Waals surface area contributed by atoms with E-state index in [0.29, 0.717) is 24.0 Å². The molecule has 0 bridgehead atoms. The number of rotatable bonds is 6. The minimum Gasteiger partial charge on any atom is -0.497 e. The van der Waals surface area contributed by atoms with Gasteiger partial charge in [-0.3, -0.25) is 4.79 Å². The molecule has 0 aliphatic rings. The molecule has 0 aliphatic heterocycles. The average Bonchev–Trinajstić information content (AvgIpc) is 3.11. The van der Waals surface area contributed by atoms with Gasteiger partial charge in [0.05, 0.1) is 20.1 Å². The standard InChI is InChI=1S/C19H19N3O3/c1-13-6-3-4-7-14(13)11-17(23)20-12-18-21-22-19(25-18)15-8-5-9-16(10-15)24-2/h3-10H,11-12H2,1-2H3,(H,20,23). The molecule has 0 saturated carbocycles. The van der Waals surface area contributed by atoms with E-state index >= 15 is 0 Å². The number of benzene rings is 2. The van der Waals surface area contributed by atoms with Crippen molar-refractivity contribution in [3.8, 4) is 17.2 Å². The molecule has 6 heteroatoms. The second-order valence-corrected chi connectivity index (χ2v) is 5.61. The van der Waals surface area contributed by atoms with Gasteiger partial charge in [-0.05, 0) is 36.2 Å². The van der Waals surface area contributed by atoms with E-state index in [-0.39, 0.29) is 12.5 Å². The van der Waals surface area contributed by atoms with Crippen LogP contribution in [0.2, 0.25) is 0 Å². The van der Waals surface area contributed by atoms with Gasteiger partial charge in [0, 0.05) is 5.56 Å². The predicted molar refractivity (Wildman–Crippen MR) is 93.0 cm³/mol. The number of hydrogen-bond donors (Lipinski definition) is 1. The fourth-order valence-electron chi connectivity index (χ4n) is 2.42. The molecule has 0 radical (unpaired) electrons. The fraction of sp³-hybridized carbons (Fsp3) is 0.211. The summed E-state index contributed by atoms with van der Waals surface area (Å²) in [4.78, 5) is 12.1. The Morgan fingerprint density at radius 1 is 1.16 bits per heavy atom. The quantitative estimate of drug-likeness (QED) is 0.748. The predicted octanol–water partition coefficient (Wildman–Crippen LogP) is 2.91. The van der Waals surface area contributed by atoms with Gasteiger partial charge in [0.25, 0.3) is 0 Å². The number of nitrogens with one attached hydrogen (secondary N) is 1. The van der Waals surface area contributed by atoms with Crippen LogP contribution in [0.15, 0.2) is 52.9 Å². The highest BCUT2D eigenvalue weighted by Crippen LogP contribution is 2.22. The minimum atomic E-state index is -0.0876. The summed E-state index contributed by atoms with van der Waals surface area (Å²) in [5.41, 5.74) is 2.86. The Morgan fingerprint density at radius 2 is 2.00 bits per heavy atom. The molecule has 3 aromatic rings. The van der Waals surface area contributed by atoms with E-state index in [1.54, 1.807) is 7.11 Å². The van der Waals surface area contributed by atoms with E-state index in [4.69, 9.17) is 9.15 Å². The summed E-state index contributed by atoms with van der Waals surface area (Å²) in [7, 11) is 1.60. The zero-order valence-corrected chi connectivity index (χ0v) is 14.2. The smallest absolute Gasteiger partial charge is 0.247 e. The largest absolute Gasteiger partial charge is 0.497 e. The Kier molecular flexibility index (Phi) is 5.09. The van der Waals surface area contributed by atoms with E-state index in [1.165, 1.54) is 0 Å². The molecule has 0 fully saturated rings. The molecule has 0 unspecified atom stereocenters. The van der Waals surface area contributed by atoms with Crippen LogP contribution in [0.3, 0.4) is 0 Å². The average molecular weight is 337 g/mol. The lowest BCUT2D eigenvalue weighted by Crippen LogP contribution is -2.25. The number of nitrogens with zero attached hydrogens (tertiary/aromatic N) is 2. The van der Waals surface area contributed by atoms with Crippen LogP contribution in [-0.4, -0.2) is 23.2 Å². The van der Waals surface area contributed by atoms with Gasteiger partial charge in [0.15, 0.2) is 0 Å². The normalized spacial score (nSPS) is 10.5. The lowest BCUT2D eigenvalue weighted by molar-refractivity contribution is -0.120. The first-order valence-corrected chi connectivity index (χ1v) is 7.93. The van der Waals surface area contributed by atoms with Gasteiger partial charge in [-0.1, -0.05) is 30.3 Å². The van der Waals surface area contributed by atoms with Crippen LogP contribution in [0.5, 0.6) is 5.75 Å². The lowest BCUT2D eigenvalue weighted by atomic mass is 10.1. The molecule has 6 nitrogen and oxygen atoms in total. The molecule has 3 rings (SSSR count). The van der Waals surface area contributed by atoms with Gasteiger partial charge in [-0.15, -0.1) is 10.2 Å². The Balaban J connectivity index is 1.60. The number of carbonyl (C=O) groups is 1. The molecule has 0 atom stereocenters. The Morgan fingerprint density at radius 3 is 2.80 bits per heavy atom. The van der Waals surface area contributed by atoms with Crippen molar-refractivity contribution in [2.24, 2.45) is 0 Å². The first-order valence-electron chi connectivity index (χ1n) is 7.93. The molecular weight excluding hydrogens is 318 g/mol. The van der Waals surface area contributed by atoms with Crippen molar-refractivity contribution in [3.63, 3.8) is 0 Å². The van der Waals surface area contributed by atoms with Gasteiger partial charge >= 0.3 is 0 Å². The van der Waals surface area contributed by atoms with Crippen LogP contribution in [-0.2, 0) is 17.8 Å². The van der Waals surface area contributed by atoms with Gasteiger partial charge in [-0.25, -0.2) is 0 Å². The highest BCUT2D eigenvalue weighted by Gasteiger charge is 2.11. The first-order chi connectivity index (χ1) is 12.2. The molecule has 25 heavy (non-hydrogen) atoms. The number of hydrogen-bond acceptors (Lipinski definition) is 5. The van der Waals surface area contributed by atoms with Crippen molar-refractivity contribution >= 4 is 5.91 Å². The third-order valence-electron chi connectivity index (χ3n) is 3.83. The van der Waals surface area contributed by atoms with E-state index in [2.05, 4.69) is 15.5 Å². The zero-order chi connectivity index (χ0) is 17.6. The summed E-state index contributed by atoms with van der Waals surface area (Å²) in [5, 5.41) is 10.8. The first kappa shape index (κ1) is 16.7. The van der Waals surface area contributed by atoms with Gasteiger partial charge in [0.1, 0.15) is 5.75 Å². The summed E-state index contributed by atoms with van der Waals surface area (Å²) >= 11 is 0. The lowest BCUT2D eigenvalue weighted by Gasteiger charge is -2.05. The summed E-state index contributed by atoms with van der Waals surface area (Å²) < 4.78 is 10.8. The number of methoxy groups -OCH3 is 1. The molecular formula is C19H19N3O3. The Hall–Kier alpha value is -3.15. The van der Waals surface area contributed by atoms with E-state index in [1.807, 2.05) is 55.5 Å². The summed E-state index contributed by atoms with van der Waals surface area (Å²) in [6.07, 6.45) is 0.323. The Bertz CT molecular complexity index is 874. The van der Waals surface area contributed by atoms with Gasteiger partial charge < -0.3 is 14.5 Å². The van der Waals surface area contributed by atoms with Crippen molar-refractivity contribution in [3.05, 3.63) is 65.5 Å².